The highest BCUT2D eigenvalue weighted by molar-refractivity contribution is 6.14. The van der Waals surface area contributed by atoms with E-state index in [4.69, 9.17) is 0 Å². The number of para-hydroxylation sites is 3. The Bertz CT molecular complexity index is 1410. The van der Waals surface area contributed by atoms with E-state index >= 15 is 0 Å². The molecule has 8 nitrogen and oxygen atoms in total. The smallest absolute Gasteiger partial charge is 0.257 e. The molecule has 35 heavy (non-hydrogen) atoms. The van der Waals surface area contributed by atoms with Crippen LogP contribution in [0.15, 0.2) is 78.9 Å². The molecule has 0 unspecified atom stereocenters. The molecular weight excluding hydrogens is 442 g/mol. The molecule has 3 aromatic carbocycles. The van der Waals surface area contributed by atoms with Crippen LogP contribution in [0.3, 0.4) is 0 Å². The van der Waals surface area contributed by atoms with E-state index in [0.29, 0.717) is 28.3 Å². The van der Waals surface area contributed by atoms with Crippen LogP contribution < -0.4 is 16.0 Å². The molecule has 3 amide bonds. The minimum absolute atomic E-state index is 0.285. The SMILES string of the molecule is CC(=O)Nc1ccccc1C(=O)Nc1ccccc1C(=O)Nc1c(C)nn(-c2ccccc2)c1C. The predicted octanol–water partition coefficient (Wildman–Crippen LogP) is 4.95. The summed E-state index contributed by atoms with van der Waals surface area (Å²) in [7, 11) is 0. The van der Waals surface area contributed by atoms with Crippen molar-refractivity contribution in [3.05, 3.63) is 101 Å². The first-order chi connectivity index (χ1) is 16.8. The van der Waals surface area contributed by atoms with Crippen LogP contribution in [0.4, 0.5) is 17.1 Å². The highest BCUT2D eigenvalue weighted by atomic mass is 16.2. The number of nitrogens with one attached hydrogen (secondary N) is 3. The van der Waals surface area contributed by atoms with Crippen molar-refractivity contribution in [1.29, 1.82) is 0 Å². The standard InChI is InChI=1S/C27H25N5O3/c1-17-25(18(2)32(31-17)20-11-5-4-6-12-20)30-27(35)22-14-8-10-16-24(22)29-26(34)21-13-7-9-15-23(21)28-19(3)33/h4-16H,1-3H3,(H,28,33)(H,29,34)(H,30,35). The zero-order valence-electron chi connectivity index (χ0n) is 19.6. The van der Waals surface area contributed by atoms with Crippen LogP contribution in [0, 0.1) is 13.8 Å². The molecule has 0 atom stereocenters. The van der Waals surface area contributed by atoms with Crippen LogP contribution in [0.1, 0.15) is 39.0 Å². The lowest BCUT2D eigenvalue weighted by Crippen LogP contribution is -2.20. The van der Waals surface area contributed by atoms with E-state index in [2.05, 4.69) is 21.0 Å². The van der Waals surface area contributed by atoms with Gasteiger partial charge in [0.25, 0.3) is 11.8 Å². The number of hydrogen-bond donors (Lipinski definition) is 3. The highest BCUT2D eigenvalue weighted by Gasteiger charge is 2.20. The Morgan fingerprint density at radius 2 is 1.20 bits per heavy atom. The maximum absolute atomic E-state index is 13.3. The van der Waals surface area contributed by atoms with E-state index in [-0.39, 0.29) is 17.4 Å². The summed E-state index contributed by atoms with van der Waals surface area (Å²) in [5.41, 5.74) is 4.27. The van der Waals surface area contributed by atoms with Gasteiger partial charge in [0.1, 0.15) is 0 Å². The van der Waals surface area contributed by atoms with Crippen LogP contribution in [0.25, 0.3) is 5.69 Å². The molecule has 8 heteroatoms. The van der Waals surface area contributed by atoms with Gasteiger partial charge in [0.2, 0.25) is 5.91 Å². The number of carbonyl (C=O) groups excluding carboxylic acids is 3. The Labute approximate surface area is 203 Å². The molecule has 0 saturated heterocycles. The second kappa shape index (κ2) is 10.0. The number of carbonyl (C=O) groups is 3. The van der Waals surface area contributed by atoms with Gasteiger partial charge in [-0.15, -0.1) is 0 Å². The number of rotatable bonds is 6. The monoisotopic (exact) mass is 467 g/mol. The summed E-state index contributed by atoms with van der Waals surface area (Å²) in [5, 5.41) is 13.0. The minimum atomic E-state index is -0.446. The van der Waals surface area contributed by atoms with E-state index in [1.807, 2.05) is 44.2 Å². The van der Waals surface area contributed by atoms with Gasteiger partial charge in [0.05, 0.1) is 45.3 Å². The van der Waals surface area contributed by atoms with Gasteiger partial charge in [-0.25, -0.2) is 4.68 Å². The van der Waals surface area contributed by atoms with Gasteiger partial charge in [-0.05, 0) is 50.2 Å². The molecule has 0 aliphatic heterocycles. The Hall–Kier alpha value is -4.72. The third kappa shape index (κ3) is 5.11. The second-order valence-corrected chi connectivity index (χ2v) is 7.97. The number of nitrogens with zero attached hydrogens (tertiary/aromatic N) is 2. The normalized spacial score (nSPS) is 10.5. The van der Waals surface area contributed by atoms with Crippen molar-refractivity contribution >= 4 is 34.8 Å². The first-order valence-corrected chi connectivity index (χ1v) is 11.0. The summed E-state index contributed by atoms with van der Waals surface area (Å²) in [4.78, 5) is 37.8. The lowest BCUT2D eigenvalue weighted by Gasteiger charge is -2.14. The maximum Gasteiger partial charge on any atom is 0.257 e. The Balaban J connectivity index is 1.59. The summed E-state index contributed by atoms with van der Waals surface area (Å²) >= 11 is 0. The van der Waals surface area contributed by atoms with Crippen LogP contribution in [0.2, 0.25) is 0 Å². The summed E-state index contributed by atoms with van der Waals surface area (Å²) in [6, 6.07) is 23.1. The average molecular weight is 468 g/mol. The largest absolute Gasteiger partial charge is 0.326 e. The van der Waals surface area contributed by atoms with Gasteiger partial charge in [-0.1, -0.05) is 42.5 Å². The van der Waals surface area contributed by atoms with Crippen LogP contribution in [-0.4, -0.2) is 27.5 Å². The van der Waals surface area contributed by atoms with Crippen molar-refractivity contribution in [2.24, 2.45) is 0 Å². The number of aryl methyl sites for hydroxylation is 1. The number of benzene rings is 3. The zero-order valence-corrected chi connectivity index (χ0v) is 19.6. The Kier molecular flexibility index (Phi) is 6.73. The fourth-order valence-corrected chi connectivity index (χ4v) is 3.78. The number of anilines is 3. The summed E-state index contributed by atoms with van der Waals surface area (Å²) in [6.07, 6.45) is 0. The van der Waals surface area contributed by atoms with Crippen LogP contribution in [-0.2, 0) is 4.79 Å². The van der Waals surface area contributed by atoms with Crippen LogP contribution >= 0.6 is 0 Å². The van der Waals surface area contributed by atoms with Gasteiger partial charge in [-0.3, -0.25) is 14.4 Å². The molecule has 1 heterocycles. The van der Waals surface area contributed by atoms with Crippen molar-refractivity contribution in [2.75, 3.05) is 16.0 Å². The molecule has 0 radical (unpaired) electrons. The zero-order chi connectivity index (χ0) is 24.9. The van der Waals surface area contributed by atoms with Crippen molar-refractivity contribution in [3.63, 3.8) is 0 Å². The molecule has 0 aliphatic carbocycles. The van der Waals surface area contributed by atoms with Crippen LogP contribution in [0.5, 0.6) is 0 Å². The Morgan fingerprint density at radius 3 is 1.80 bits per heavy atom. The molecule has 3 N–H and O–H groups in total. The van der Waals surface area contributed by atoms with Crippen molar-refractivity contribution < 1.29 is 14.4 Å². The maximum atomic E-state index is 13.3. The van der Waals surface area contributed by atoms with E-state index in [1.54, 1.807) is 53.2 Å². The van der Waals surface area contributed by atoms with Gasteiger partial charge >= 0.3 is 0 Å². The highest BCUT2D eigenvalue weighted by Crippen LogP contribution is 2.25. The molecule has 0 spiro atoms. The van der Waals surface area contributed by atoms with Gasteiger partial charge in [-0.2, -0.15) is 5.10 Å². The second-order valence-electron chi connectivity index (χ2n) is 7.97. The first-order valence-electron chi connectivity index (χ1n) is 11.0. The fourth-order valence-electron chi connectivity index (χ4n) is 3.78. The summed E-state index contributed by atoms with van der Waals surface area (Å²) < 4.78 is 1.78. The fraction of sp³-hybridized carbons (Fsp3) is 0.111. The Morgan fingerprint density at radius 1 is 0.686 bits per heavy atom. The molecule has 1 aromatic heterocycles. The lowest BCUT2D eigenvalue weighted by atomic mass is 10.1. The molecular formula is C27H25N5O3. The van der Waals surface area contributed by atoms with E-state index < -0.39 is 5.91 Å². The van der Waals surface area contributed by atoms with E-state index in [1.165, 1.54) is 6.92 Å². The molecule has 0 saturated carbocycles. The quantitative estimate of drug-likeness (QED) is 0.373. The molecule has 176 valence electrons. The van der Waals surface area contributed by atoms with Crippen molar-refractivity contribution in [2.45, 2.75) is 20.8 Å². The predicted molar refractivity (Wildman–Crippen MR) is 136 cm³/mol. The number of aromatic nitrogens is 2. The van der Waals surface area contributed by atoms with Gasteiger partial charge in [0, 0.05) is 6.92 Å². The van der Waals surface area contributed by atoms with Crippen molar-refractivity contribution in [3.8, 4) is 5.69 Å². The topological polar surface area (TPSA) is 105 Å². The summed E-state index contributed by atoms with van der Waals surface area (Å²) in [6.45, 7) is 5.09. The molecule has 0 aliphatic rings. The lowest BCUT2D eigenvalue weighted by molar-refractivity contribution is -0.114. The number of hydrogen-bond acceptors (Lipinski definition) is 4. The third-order valence-electron chi connectivity index (χ3n) is 5.43. The van der Waals surface area contributed by atoms with E-state index in [9.17, 15) is 14.4 Å². The molecule has 0 bridgehead atoms. The summed E-state index contributed by atoms with van der Waals surface area (Å²) in [5.74, 6) is -1.11. The first kappa shape index (κ1) is 23.4. The van der Waals surface area contributed by atoms with Gasteiger partial charge in [0.15, 0.2) is 0 Å². The van der Waals surface area contributed by atoms with Gasteiger partial charge < -0.3 is 16.0 Å². The number of amides is 3. The molecule has 4 aromatic rings. The third-order valence-corrected chi connectivity index (χ3v) is 5.43. The molecule has 4 rings (SSSR count). The minimum Gasteiger partial charge on any atom is -0.326 e. The van der Waals surface area contributed by atoms with Crippen molar-refractivity contribution in [1.82, 2.24) is 9.78 Å². The average Bonchev–Trinajstić information content (AvgIpc) is 3.13. The van der Waals surface area contributed by atoms with E-state index in [0.717, 1.165) is 11.4 Å². The molecule has 0 fully saturated rings.